The number of pyridine rings is 2. The summed E-state index contributed by atoms with van der Waals surface area (Å²) in [7, 11) is 0. The number of benzene rings is 23. The molecule has 142 heavy (non-hydrogen) atoms. The lowest BCUT2D eigenvalue weighted by Gasteiger charge is -2.30. The quantitative estimate of drug-likeness (QED) is 0.135. The molecule has 4 aliphatic carbocycles. The van der Waals surface area contributed by atoms with Gasteiger partial charge < -0.3 is 9.13 Å². The number of fused-ring (bicyclic) bond motifs is 34. The van der Waals surface area contributed by atoms with E-state index in [9.17, 15) is 0 Å². The number of hydrogen-bond acceptors (Lipinski definition) is 2. The van der Waals surface area contributed by atoms with Gasteiger partial charge in [0, 0.05) is 65.6 Å². The van der Waals surface area contributed by atoms with E-state index in [1.54, 1.807) is 0 Å². The van der Waals surface area contributed by atoms with Crippen molar-refractivity contribution in [2.45, 2.75) is 10.8 Å². The van der Waals surface area contributed by atoms with Gasteiger partial charge in [0.05, 0.1) is 55.3 Å². The average Bonchev–Trinajstić information content (AvgIpc) is 1.51. The summed E-state index contributed by atoms with van der Waals surface area (Å²) in [6.45, 7) is 0. The Labute approximate surface area is 820 Å². The first-order chi connectivity index (χ1) is 70.4. The summed E-state index contributed by atoms with van der Waals surface area (Å²) in [6, 6.07) is 189. The van der Waals surface area contributed by atoms with Crippen molar-refractivity contribution in [2.75, 3.05) is 0 Å². The van der Waals surface area contributed by atoms with Crippen molar-refractivity contribution < 1.29 is 0 Å². The summed E-state index contributed by atoms with van der Waals surface area (Å²) in [6.07, 6.45) is 0. The molecule has 4 aliphatic rings. The molecule has 0 aliphatic heterocycles. The molecule has 0 saturated carbocycles. The van der Waals surface area contributed by atoms with E-state index in [-0.39, 0.29) is 0 Å². The van der Waals surface area contributed by atoms with Crippen LogP contribution in [0.25, 0.3) is 243 Å². The van der Waals surface area contributed by atoms with E-state index in [4.69, 9.17) is 9.97 Å². The van der Waals surface area contributed by atoms with E-state index >= 15 is 0 Å². The monoisotopic (exact) mass is 1800 g/mol. The highest BCUT2D eigenvalue weighted by molar-refractivity contribution is 6.18. The molecule has 2 spiro atoms. The van der Waals surface area contributed by atoms with Crippen LogP contribution in [0.15, 0.2) is 510 Å². The summed E-state index contributed by atoms with van der Waals surface area (Å²) in [4.78, 5) is 10.9. The number of nitrogens with zero attached hydrogens (tertiary/aromatic N) is 4. The second-order valence-corrected chi connectivity index (χ2v) is 38.7. The number of hydrogen-bond donors (Lipinski definition) is 0. The van der Waals surface area contributed by atoms with Gasteiger partial charge in [0.2, 0.25) is 0 Å². The van der Waals surface area contributed by atoms with E-state index < -0.39 is 10.8 Å². The van der Waals surface area contributed by atoms with Crippen LogP contribution in [0.5, 0.6) is 0 Å². The van der Waals surface area contributed by atoms with Crippen molar-refractivity contribution in [3.63, 3.8) is 0 Å². The van der Waals surface area contributed by atoms with Crippen molar-refractivity contribution in [1.82, 2.24) is 19.1 Å². The average molecular weight is 1800 g/mol. The van der Waals surface area contributed by atoms with Gasteiger partial charge in [-0.15, -0.1) is 0 Å². The lowest BCUT2D eigenvalue weighted by atomic mass is 9.70. The SMILES string of the molecule is c1ccc(-c2cccc(-n3c4ccccc4c4ccc(-c5ccc6c7ccccc7n(-c7ccc(-c8ccc(-c9nc%10ccccc%10c%10cc%11c(cc9%10)-c9ccccc9C%119c%10ccccc%10-c%10ccccc%109)cc8)cc7)c6c5)cc43)c2)cc1.c1ccc2c(c1)-c1ccccc1C21c2ccccc2-c2cc3c(-c4ccc(-c5ccc6ccc(-c7ccc8ccccc8c7)cc6c5)cc4)nc4ccccc4c3cc21. The molecule has 656 valence electrons. The molecular weight excluding hydrogens is 1710 g/mol. The largest absolute Gasteiger partial charge is 0.309 e. The highest BCUT2D eigenvalue weighted by Gasteiger charge is 2.54. The highest BCUT2D eigenvalue weighted by Crippen LogP contribution is 2.66. The summed E-state index contributed by atoms with van der Waals surface area (Å²) >= 11 is 0. The zero-order valence-corrected chi connectivity index (χ0v) is 77.3. The summed E-state index contributed by atoms with van der Waals surface area (Å²) < 4.78 is 4.87. The maximum Gasteiger partial charge on any atom is 0.0788 e. The number of para-hydroxylation sites is 4. The van der Waals surface area contributed by atoms with Gasteiger partial charge in [0.1, 0.15) is 0 Å². The van der Waals surface area contributed by atoms with Crippen LogP contribution >= 0.6 is 0 Å². The molecule has 4 heterocycles. The van der Waals surface area contributed by atoms with E-state index in [1.807, 2.05) is 0 Å². The minimum Gasteiger partial charge on any atom is -0.309 e. The van der Waals surface area contributed by atoms with Gasteiger partial charge in [-0.05, 0) is 280 Å². The molecule has 0 radical (unpaired) electrons. The number of aromatic nitrogens is 4. The number of rotatable bonds is 9. The van der Waals surface area contributed by atoms with Gasteiger partial charge in [-0.1, -0.05) is 406 Å². The van der Waals surface area contributed by atoms with Crippen LogP contribution in [0.4, 0.5) is 0 Å². The first-order valence-electron chi connectivity index (χ1n) is 49.3. The van der Waals surface area contributed by atoms with Crippen LogP contribution in [0, 0.1) is 0 Å². The molecule has 0 fully saturated rings. The van der Waals surface area contributed by atoms with Crippen molar-refractivity contribution >= 4 is 109 Å². The first kappa shape index (κ1) is 79.7. The molecule has 0 unspecified atom stereocenters. The van der Waals surface area contributed by atoms with Crippen LogP contribution in [0.1, 0.15) is 44.5 Å². The van der Waals surface area contributed by atoms with Gasteiger partial charge in [-0.3, -0.25) is 0 Å². The van der Waals surface area contributed by atoms with E-state index in [2.05, 4.69) is 519 Å². The fraction of sp³-hybridized carbons (Fsp3) is 0.0145. The highest BCUT2D eigenvalue weighted by atomic mass is 15.0. The van der Waals surface area contributed by atoms with Crippen LogP contribution in [0.3, 0.4) is 0 Å². The molecule has 0 saturated heterocycles. The van der Waals surface area contributed by atoms with Crippen molar-refractivity contribution in [1.29, 1.82) is 0 Å². The van der Waals surface area contributed by atoms with E-state index in [0.717, 1.165) is 61.4 Å². The first-order valence-corrected chi connectivity index (χ1v) is 49.3. The minimum atomic E-state index is -0.420. The van der Waals surface area contributed by atoms with Gasteiger partial charge in [0.15, 0.2) is 0 Å². The molecule has 0 N–H and O–H groups in total. The lowest BCUT2D eigenvalue weighted by molar-refractivity contribution is 0.795. The van der Waals surface area contributed by atoms with Crippen molar-refractivity contribution in [2.24, 2.45) is 0 Å². The lowest BCUT2D eigenvalue weighted by Crippen LogP contribution is -2.25. The van der Waals surface area contributed by atoms with Crippen LogP contribution in [-0.4, -0.2) is 19.1 Å². The third kappa shape index (κ3) is 11.8. The summed E-state index contributed by atoms with van der Waals surface area (Å²) in [5, 5.41) is 17.1. The normalized spacial score (nSPS) is 13.0. The van der Waals surface area contributed by atoms with E-state index in [1.165, 1.54) is 226 Å². The summed E-state index contributed by atoms with van der Waals surface area (Å²) in [5.41, 5.74) is 45.6. The van der Waals surface area contributed by atoms with Gasteiger partial charge in [-0.25, -0.2) is 9.97 Å². The Morgan fingerprint density at radius 3 is 0.908 bits per heavy atom. The fourth-order valence-corrected chi connectivity index (χ4v) is 25.2. The molecule has 31 rings (SSSR count). The van der Waals surface area contributed by atoms with Crippen LogP contribution < -0.4 is 0 Å². The molecule has 4 heteroatoms. The Bertz CT molecular complexity index is 9960. The second-order valence-electron chi connectivity index (χ2n) is 38.7. The van der Waals surface area contributed by atoms with Gasteiger partial charge >= 0.3 is 0 Å². The van der Waals surface area contributed by atoms with Gasteiger partial charge in [0.25, 0.3) is 0 Å². The molecule has 4 aromatic heterocycles. The Morgan fingerprint density at radius 2 is 0.444 bits per heavy atom. The van der Waals surface area contributed by atoms with Crippen molar-refractivity contribution in [3.05, 3.63) is 554 Å². The topological polar surface area (TPSA) is 35.6 Å². The molecule has 0 atom stereocenters. The maximum absolute atomic E-state index is 5.48. The van der Waals surface area contributed by atoms with Crippen molar-refractivity contribution in [3.8, 4) is 134 Å². The molecular formula is C138H84N4. The second kappa shape index (κ2) is 31.0. The molecule has 23 aromatic carbocycles. The molecule has 4 nitrogen and oxygen atoms in total. The zero-order valence-electron chi connectivity index (χ0n) is 77.3. The third-order valence-electron chi connectivity index (χ3n) is 31.6. The summed E-state index contributed by atoms with van der Waals surface area (Å²) in [5.74, 6) is 0. The molecule has 0 bridgehead atoms. The molecule has 27 aromatic rings. The minimum absolute atomic E-state index is 0.393. The predicted molar refractivity (Wildman–Crippen MR) is 593 cm³/mol. The Morgan fingerprint density at radius 1 is 0.141 bits per heavy atom. The fourth-order valence-electron chi connectivity index (χ4n) is 25.2. The standard InChI is InChI=1S/C80H49N3.C58H35N/c1-2-17-50(18-3-1)54-19-16-20-58(45-54)83-76-32-15-9-26-64(76)66-44-40-56(47-78(66)83)55-39-43-65-63-25-8-14-31-75(63)82(77(65)46-55)57-41-37-52(38-42-57)51-33-35-53(36-34-51)79-69-48-68-61-23-6-12-29-72(61)80(73(68)49-67(69)62-24-7-13-30-74(62)81-79)70-27-10-4-21-59(70)60-22-5-11-28-71(60)80;1-2-12-40-31-42(29-23-36(40)11-1)43-30-25-38-24-28-41(32-44(38)33-43)37-21-26-39(27-22-37)57-51-34-50-47-15-5-9-19-54(47)58(55(50)35-49(51)48-16-6-10-20-56(48)59-57)52-17-7-3-13-45(52)46-14-4-8-18-53(46)58/h1-49H;1-35H. The van der Waals surface area contributed by atoms with Gasteiger partial charge in [-0.2, -0.15) is 0 Å². The smallest absolute Gasteiger partial charge is 0.0788 e. The Balaban J connectivity index is 0.000000141. The Hall–Kier alpha value is -18.5. The molecule has 0 amide bonds. The van der Waals surface area contributed by atoms with Crippen LogP contribution in [-0.2, 0) is 10.8 Å². The van der Waals surface area contributed by atoms with E-state index in [0.29, 0.717) is 0 Å². The zero-order chi connectivity index (χ0) is 93.0. The predicted octanol–water partition coefficient (Wildman–Crippen LogP) is 35.6. The Kier molecular flexibility index (Phi) is 17.4. The van der Waals surface area contributed by atoms with Crippen LogP contribution in [0.2, 0.25) is 0 Å². The third-order valence-corrected chi connectivity index (χ3v) is 31.6. The maximum atomic E-state index is 5.48.